The van der Waals surface area contributed by atoms with Gasteiger partial charge in [0.1, 0.15) is 34.4 Å². The number of aryl methyl sites for hydroxylation is 1. The van der Waals surface area contributed by atoms with Crippen molar-refractivity contribution in [2.24, 2.45) is 0 Å². The summed E-state index contributed by atoms with van der Waals surface area (Å²) in [6, 6.07) is 5.33. The highest BCUT2D eigenvalue weighted by molar-refractivity contribution is 7.93. The van der Waals surface area contributed by atoms with Gasteiger partial charge in [-0.15, -0.1) is 10.2 Å². The number of nitrogens with zero attached hydrogens (tertiary/aromatic N) is 5. The number of hydrogen-bond acceptors (Lipinski definition) is 10. The molecule has 1 saturated heterocycles. The van der Waals surface area contributed by atoms with E-state index in [-0.39, 0.29) is 16.9 Å². The van der Waals surface area contributed by atoms with Gasteiger partial charge in [-0.3, -0.25) is 9.29 Å². The molecule has 2 aromatic heterocycles. The maximum Gasteiger partial charge on any atom is 0.243 e. The van der Waals surface area contributed by atoms with Gasteiger partial charge in [0.25, 0.3) is 0 Å². The number of nitrogens with one attached hydrogen (secondary N) is 1. The Balaban J connectivity index is 1.80. The van der Waals surface area contributed by atoms with E-state index in [4.69, 9.17) is 18.6 Å². The van der Waals surface area contributed by atoms with Gasteiger partial charge in [0.2, 0.25) is 16.0 Å². The molecule has 0 saturated carbocycles. The van der Waals surface area contributed by atoms with E-state index in [0.29, 0.717) is 48.5 Å². The van der Waals surface area contributed by atoms with Crippen LogP contribution in [0.1, 0.15) is 63.3 Å². The van der Waals surface area contributed by atoms with E-state index < -0.39 is 29.7 Å². The van der Waals surface area contributed by atoms with Crippen LogP contribution in [-0.2, 0) is 19.2 Å². The van der Waals surface area contributed by atoms with Gasteiger partial charge in [0, 0.05) is 24.9 Å². The van der Waals surface area contributed by atoms with Gasteiger partial charge < -0.3 is 18.6 Å². The summed E-state index contributed by atoms with van der Waals surface area (Å²) in [6.07, 6.45) is 3.12. The molecule has 3 aromatic rings. The van der Waals surface area contributed by atoms with Crippen LogP contribution in [0.15, 0.2) is 30.6 Å². The Labute approximate surface area is 249 Å². The minimum Gasteiger partial charge on any atom is -0.494 e. The number of anilines is 1. The second kappa shape index (κ2) is 12.3. The fraction of sp³-hybridized carbons (Fsp3) is 0.571. The van der Waals surface area contributed by atoms with Crippen molar-refractivity contribution >= 4 is 24.3 Å². The molecule has 4 rings (SSSR count). The molecular weight excluding hydrogens is 576 g/mol. The summed E-state index contributed by atoms with van der Waals surface area (Å²) in [6.45, 7) is 14.9. The summed E-state index contributed by atoms with van der Waals surface area (Å²) in [5.41, 5.74) is 1.34. The number of para-hydroxylation sites is 1. The van der Waals surface area contributed by atoms with E-state index in [2.05, 4.69) is 58.8 Å². The zero-order valence-corrected chi connectivity index (χ0v) is 27.7. The first kappa shape index (κ1) is 31.9. The van der Waals surface area contributed by atoms with E-state index in [1.165, 1.54) is 14.2 Å². The highest BCUT2D eigenvalue weighted by atomic mass is 32.2. The first-order chi connectivity index (χ1) is 19.7. The quantitative estimate of drug-likeness (QED) is 0.299. The van der Waals surface area contributed by atoms with Crippen molar-refractivity contribution in [2.45, 2.75) is 76.4 Å². The SMILES string of the molecule is COc1cccc(OC)c1-n1c(NS(=O)(=O)[C@@H](C)[C@H](O[Si](C)(C)C(C)(C)C)c2ncc(C)cn2)nnc1C1CCOC1. The summed E-state index contributed by atoms with van der Waals surface area (Å²) < 4.78 is 56.3. The molecule has 230 valence electrons. The Hall–Kier alpha value is -3.07. The molecular formula is C28H42N6O6SSi. The Morgan fingerprint density at radius 1 is 1.10 bits per heavy atom. The molecule has 14 heteroatoms. The van der Waals surface area contributed by atoms with Crippen LogP contribution in [0.5, 0.6) is 11.5 Å². The number of ether oxygens (including phenoxy) is 3. The lowest BCUT2D eigenvalue weighted by Crippen LogP contribution is -2.45. The van der Waals surface area contributed by atoms with Crippen LogP contribution in [0.4, 0.5) is 5.95 Å². The lowest BCUT2D eigenvalue weighted by Gasteiger charge is -2.40. The highest BCUT2D eigenvalue weighted by Crippen LogP contribution is 2.42. The maximum atomic E-state index is 14.1. The summed E-state index contributed by atoms with van der Waals surface area (Å²) in [4.78, 5) is 8.93. The molecule has 1 aromatic carbocycles. The van der Waals surface area contributed by atoms with Crippen LogP contribution in [0.25, 0.3) is 5.69 Å². The molecule has 0 amide bonds. The second-order valence-corrected chi connectivity index (χ2v) is 18.9. The zero-order valence-electron chi connectivity index (χ0n) is 25.8. The van der Waals surface area contributed by atoms with Crippen LogP contribution in [0.3, 0.4) is 0 Å². The Morgan fingerprint density at radius 3 is 2.24 bits per heavy atom. The van der Waals surface area contributed by atoms with E-state index in [9.17, 15) is 8.42 Å². The number of sulfonamides is 1. The number of hydrogen-bond donors (Lipinski definition) is 1. The van der Waals surface area contributed by atoms with Gasteiger partial charge in [-0.05, 0) is 56.1 Å². The first-order valence-electron chi connectivity index (χ1n) is 13.9. The van der Waals surface area contributed by atoms with Gasteiger partial charge >= 0.3 is 0 Å². The Bertz CT molecular complexity index is 1460. The van der Waals surface area contributed by atoms with Crippen molar-refractivity contribution in [3.63, 3.8) is 0 Å². The molecule has 42 heavy (non-hydrogen) atoms. The van der Waals surface area contributed by atoms with E-state index >= 15 is 0 Å². The van der Waals surface area contributed by atoms with Gasteiger partial charge in [0.05, 0.1) is 20.8 Å². The molecule has 0 aliphatic carbocycles. The third kappa shape index (κ3) is 6.46. The average molecular weight is 619 g/mol. The minimum atomic E-state index is -4.14. The molecule has 1 fully saturated rings. The molecule has 1 N–H and O–H groups in total. The molecule has 1 unspecified atom stereocenters. The van der Waals surface area contributed by atoms with Crippen molar-refractivity contribution in [2.75, 3.05) is 32.2 Å². The van der Waals surface area contributed by atoms with E-state index in [0.717, 1.165) is 5.56 Å². The zero-order chi connectivity index (χ0) is 30.9. The van der Waals surface area contributed by atoms with Crippen molar-refractivity contribution < 1.29 is 27.1 Å². The second-order valence-electron chi connectivity index (χ2n) is 12.1. The third-order valence-corrected chi connectivity index (χ3v) is 14.2. The van der Waals surface area contributed by atoms with Crippen molar-refractivity contribution in [1.29, 1.82) is 0 Å². The average Bonchev–Trinajstić information content (AvgIpc) is 3.60. The van der Waals surface area contributed by atoms with E-state index in [1.54, 1.807) is 42.1 Å². The minimum absolute atomic E-state index is 0.00227. The summed E-state index contributed by atoms with van der Waals surface area (Å²) >= 11 is 0. The van der Waals surface area contributed by atoms with Gasteiger partial charge in [-0.2, -0.15) is 0 Å². The van der Waals surface area contributed by atoms with Crippen molar-refractivity contribution in [3.05, 3.63) is 47.8 Å². The smallest absolute Gasteiger partial charge is 0.243 e. The summed E-state index contributed by atoms with van der Waals surface area (Å²) in [5.74, 6) is 1.68. The van der Waals surface area contributed by atoms with Crippen molar-refractivity contribution in [1.82, 2.24) is 24.7 Å². The number of benzene rings is 1. The maximum absolute atomic E-state index is 14.1. The summed E-state index contributed by atoms with van der Waals surface area (Å²) in [5, 5.41) is 7.46. The van der Waals surface area contributed by atoms with Crippen LogP contribution in [0.2, 0.25) is 18.1 Å². The van der Waals surface area contributed by atoms with Crippen LogP contribution in [0, 0.1) is 6.92 Å². The van der Waals surface area contributed by atoms with Gasteiger partial charge in [-0.25, -0.2) is 18.4 Å². The van der Waals surface area contributed by atoms with Crippen LogP contribution >= 0.6 is 0 Å². The third-order valence-electron chi connectivity index (χ3n) is 8.04. The Morgan fingerprint density at radius 2 is 1.71 bits per heavy atom. The van der Waals surface area contributed by atoms with E-state index in [1.807, 2.05) is 6.92 Å². The number of methoxy groups -OCH3 is 2. The number of aromatic nitrogens is 5. The predicted molar refractivity (Wildman–Crippen MR) is 162 cm³/mol. The lowest BCUT2D eigenvalue weighted by molar-refractivity contribution is 0.172. The lowest BCUT2D eigenvalue weighted by atomic mass is 10.1. The summed E-state index contributed by atoms with van der Waals surface area (Å²) in [7, 11) is -3.51. The molecule has 12 nitrogen and oxygen atoms in total. The van der Waals surface area contributed by atoms with Crippen molar-refractivity contribution in [3.8, 4) is 17.2 Å². The largest absolute Gasteiger partial charge is 0.494 e. The fourth-order valence-corrected chi connectivity index (χ4v) is 6.89. The van der Waals surface area contributed by atoms with Crippen LogP contribution in [-0.4, -0.2) is 74.2 Å². The molecule has 1 aliphatic rings. The van der Waals surface area contributed by atoms with Gasteiger partial charge in [-0.1, -0.05) is 26.8 Å². The molecule has 3 heterocycles. The highest BCUT2D eigenvalue weighted by Gasteiger charge is 2.44. The first-order valence-corrected chi connectivity index (χ1v) is 18.4. The predicted octanol–water partition coefficient (Wildman–Crippen LogP) is 4.78. The molecule has 0 radical (unpaired) electrons. The fourth-order valence-electron chi connectivity index (χ4n) is 4.42. The van der Waals surface area contributed by atoms with Gasteiger partial charge in [0.15, 0.2) is 14.1 Å². The topological polar surface area (TPSA) is 140 Å². The number of rotatable bonds is 11. The monoisotopic (exact) mass is 618 g/mol. The molecule has 1 aliphatic heterocycles. The Kier molecular flexibility index (Phi) is 9.30. The van der Waals surface area contributed by atoms with Crippen LogP contribution < -0.4 is 14.2 Å². The normalized spacial score (nSPS) is 17.6. The molecule has 0 spiro atoms. The molecule has 0 bridgehead atoms. The standard InChI is InChI=1S/C28H42N6O6SSi/c1-18-15-29-25(30-16-18)24(40-42(8,9)28(3,4)5)19(2)41(35,36)33-27-32-31-26(20-13-14-39-17-20)34(27)23-21(37-6)11-10-12-22(23)38-7/h10-12,15-16,19-20,24H,13-14,17H2,1-9H3,(H,32,33)/t19-,20?,24-/m0/s1. The molecule has 3 atom stereocenters.